The minimum atomic E-state index is 0.175. The van der Waals surface area contributed by atoms with Crippen LogP contribution in [-0.2, 0) is 4.74 Å². The van der Waals surface area contributed by atoms with Gasteiger partial charge in [-0.25, -0.2) is 0 Å². The summed E-state index contributed by atoms with van der Waals surface area (Å²) in [6, 6.07) is 4.31. The summed E-state index contributed by atoms with van der Waals surface area (Å²) in [5.41, 5.74) is 3.76. The van der Waals surface area contributed by atoms with Gasteiger partial charge >= 0.3 is 0 Å². The Morgan fingerprint density at radius 3 is 2.61 bits per heavy atom. The monoisotopic (exact) mass is 312 g/mol. The van der Waals surface area contributed by atoms with E-state index in [1.54, 1.807) is 0 Å². The molecular weight excluding hydrogens is 292 g/mol. The lowest BCUT2D eigenvalue weighted by Crippen LogP contribution is -2.52. The van der Waals surface area contributed by atoms with Crippen molar-refractivity contribution in [3.8, 4) is 5.75 Å². The standard InChI is InChI=1S/C15H21BrO2/c1-5-17-15-12(16)8-14(15)18-13-7-9(2)6-10(3)11(13)4/h6-7,12,14-15H,5,8H2,1-4H3. The summed E-state index contributed by atoms with van der Waals surface area (Å²) in [6.45, 7) is 9.11. The highest BCUT2D eigenvalue weighted by Gasteiger charge is 2.42. The van der Waals surface area contributed by atoms with E-state index < -0.39 is 0 Å². The number of alkyl halides is 1. The average Bonchev–Trinajstić information content (AvgIpc) is 2.31. The summed E-state index contributed by atoms with van der Waals surface area (Å²) in [5, 5.41) is 0. The van der Waals surface area contributed by atoms with Crippen LogP contribution in [0.2, 0.25) is 0 Å². The van der Waals surface area contributed by atoms with Crippen molar-refractivity contribution in [2.75, 3.05) is 6.61 Å². The highest BCUT2D eigenvalue weighted by atomic mass is 79.9. The molecule has 0 spiro atoms. The van der Waals surface area contributed by atoms with Crippen LogP contribution in [0.4, 0.5) is 0 Å². The molecule has 0 heterocycles. The number of hydrogen-bond acceptors (Lipinski definition) is 2. The van der Waals surface area contributed by atoms with Gasteiger partial charge in [0.05, 0.1) is 0 Å². The van der Waals surface area contributed by atoms with Crippen molar-refractivity contribution in [3.05, 3.63) is 28.8 Å². The van der Waals surface area contributed by atoms with E-state index in [2.05, 4.69) is 48.8 Å². The Morgan fingerprint density at radius 2 is 2.00 bits per heavy atom. The molecule has 100 valence electrons. The van der Waals surface area contributed by atoms with E-state index >= 15 is 0 Å². The summed E-state index contributed by atoms with van der Waals surface area (Å²) in [5.74, 6) is 1.00. The number of benzene rings is 1. The van der Waals surface area contributed by atoms with Crippen LogP contribution in [0.5, 0.6) is 5.75 Å². The van der Waals surface area contributed by atoms with Crippen LogP contribution in [-0.4, -0.2) is 23.6 Å². The second kappa shape index (κ2) is 5.62. The summed E-state index contributed by atoms with van der Waals surface area (Å²) >= 11 is 3.62. The first kappa shape index (κ1) is 13.9. The van der Waals surface area contributed by atoms with E-state index in [9.17, 15) is 0 Å². The zero-order valence-electron chi connectivity index (χ0n) is 11.5. The Kier molecular flexibility index (Phi) is 4.33. The summed E-state index contributed by atoms with van der Waals surface area (Å²) in [4.78, 5) is 0.425. The van der Waals surface area contributed by atoms with Gasteiger partial charge in [-0.3, -0.25) is 0 Å². The first-order valence-electron chi connectivity index (χ1n) is 6.53. The minimum Gasteiger partial charge on any atom is -0.487 e. The van der Waals surface area contributed by atoms with Gasteiger partial charge in [0.2, 0.25) is 0 Å². The molecule has 0 N–H and O–H groups in total. The predicted octanol–water partition coefficient (Wildman–Crippen LogP) is 3.93. The molecule has 0 aliphatic heterocycles. The minimum absolute atomic E-state index is 0.175. The first-order valence-corrected chi connectivity index (χ1v) is 7.44. The average molecular weight is 313 g/mol. The fourth-order valence-corrected chi connectivity index (χ4v) is 3.19. The quantitative estimate of drug-likeness (QED) is 0.784. The van der Waals surface area contributed by atoms with E-state index in [1.807, 2.05) is 6.92 Å². The molecule has 1 aromatic carbocycles. The van der Waals surface area contributed by atoms with Crippen molar-refractivity contribution in [2.24, 2.45) is 0 Å². The molecule has 1 aromatic rings. The third-order valence-corrected chi connectivity index (χ3v) is 4.48. The molecule has 0 aromatic heterocycles. The second-order valence-corrected chi connectivity index (χ2v) is 6.21. The molecule has 3 heteroatoms. The molecule has 0 radical (unpaired) electrons. The van der Waals surface area contributed by atoms with Crippen molar-refractivity contribution >= 4 is 15.9 Å². The third-order valence-electron chi connectivity index (χ3n) is 3.58. The zero-order valence-corrected chi connectivity index (χ0v) is 13.1. The molecule has 1 aliphatic carbocycles. The maximum atomic E-state index is 6.12. The lowest BCUT2D eigenvalue weighted by molar-refractivity contribution is -0.0725. The SMILES string of the molecule is CCOC1C(Br)CC1Oc1cc(C)cc(C)c1C. The van der Waals surface area contributed by atoms with Crippen molar-refractivity contribution in [2.45, 2.75) is 51.2 Å². The van der Waals surface area contributed by atoms with E-state index in [1.165, 1.54) is 16.7 Å². The summed E-state index contributed by atoms with van der Waals surface area (Å²) < 4.78 is 11.8. The molecule has 1 saturated carbocycles. The molecule has 1 fully saturated rings. The Labute approximate surface area is 118 Å². The van der Waals surface area contributed by atoms with Gasteiger partial charge in [0.1, 0.15) is 18.0 Å². The molecule has 3 unspecified atom stereocenters. The van der Waals surface area contributed by atoms with Gasteiger partial charge in [0.25, 0.3) is 0 Å². The smallest absolute Gasteiger partial charge is 0.127 e. The van der Waals surface area contributed by atoms with Gasteiger partial charge in [0.15, 0.2) is 0 Å². The summed E-state index contributed by atoms with van der Waals surface area (Å²) in [7, 11) is 0. The second-order valence-electron chi connectivity index (χ2n) is 5.03. The van der Waals surface area contributed by atoms with E-state index in [0.29, 0.717) is 4.83 Å². The number of ether oxygens (including phenoxy) is 2. The topological polar surface area (TPSA) is 18.5 Å². The summed E-state index contributed by atoms with van der Waals surface area (Å²) in [6.07, 6.45) is 1.36. The Morgan fingerprint density at radius 1 is 1.28 bits per heavy atom. The lowest BCUT2D eigenvalue weighted by Gasteiger charge is -2.41. The predicted molar refractivity (Wildman–Crippen MR) is 77.8 cm³/mol. The molecule has 0 saturated heterocycles. The highest BCUT2D eigenvalue weighted by molar-refractivity contribution is 9.09. The van der Waals surface area contributed by atoms with Crippen LogP contribution >= 0.6 is 15.9 Å². The molecular formula is C15H21BrO2. The fraction of sp³-hybridized carbons (Fsp3) is 0.600. The zero-order chi connectivity index (χ0) is 13.3. The van der Waals surface area contributed by atoms with Crippen molar-refractivity contribution in [3.63, 3.8) is 0 Å². The van der Waals surface area contributed by atoms with Crippen LogP contribution < -0.4 is 4.74 Å². The van der Waals surface area contributed by atoms with Crippen LogP contribution in [0.15, 0.2) is 12.1 Å². The van der Waals surface area contributed by atoms with Crippen molar-refractivity contribution in [1.82, 2.24) is 0 Å². The number of rotatable bonds is 4. The number of hydrogen-bond donors (Lipinski definition) is 0. The molecule has 0 bridgehead atoms. The van der Waals surface area contributed by atoms with Gasteiger partial charge < -0.3 is 9.47 Å². The lowest BCUT2D eigenvalue weighted by atomic mass is 9.91. The van der Waals surface area contributed by atoms with Crippen LogP contribution in [0.1, 0.15) is 30.0 Å². The Hall–Kier alpha value is -0.540. The molecule has 3 atom stereocenters. The van der Waals surface area contributed by atoms with Gasteiger partial charge in [-0.05, 0) is 50.5 Å². The number of halogens is 1. The normalized spacial score (nSPS) is 26.8. The maximum absolute atomic E-state index is 6.12. The van der Waals surface area contributed by atoms with E-state index in [-0.39, 0.29) is 12.2 Å². The van der Waals surface area contributed by atoms with Crippen LogP contribution in [0, 0.1) is 20.8 Å². The molecule has 0 amide bonds. The van der Waals surface area contributed by atoms with E-state index in [0.717, 1.165) is 18.8 Å². The van der Waals surface area contributed by atoms with Crippen LogP contribution in [0.3, 0.4) is 0 Å². The maximum Gasteiger partial charge on any atom is 0.127 e. The van der Waals surface area contributed by atoms with Gasteiger partial charge in [0, 0.05) is 17.9 Å². The fourth-order valence-electron chi connectivity index (χ4n) is 2.33. The largest absolute Gasteiger partial charge is 0.487 e. The first-order chi connectivity index (χ1) is 8.52. The third kappa shape index (κ3) is 2.72. The van der Waals surface area contributed by atoms with Crippen molar-refractivity contribution in [1.29, 1.82) is 0 Å². The van der Waals surface area contributed by atoms with Gasteiger partial charge in [-0.1, -0.05) is 22.0 Å². The number of aryl methyl sites for hydroxylation is 2. The van der Waals surface area contributed by atoms with Crippen molar-refractivity contribution < 1.29 is 9.47 Å². The molecule has 18 heavy (non-hydrogen) atoms. The van der Waals surface area contributed by atoms with Crippen LogP contribution in [0.25, 0.3) is 0 Å². The molecule has 2 rings (SSSR count). The molecule has 1 aliphatic rings. The van der Waals surface area contributed by atoms with Gasteiger partial charge in [-0.2, -0.15) is 0 Å². The molecule has 2 nitrogen and oxygen atoms in total. The Bertz CT molecular complexity index is 431. The van der Waals surface area contributed by atoms with Gasteiger partial charge in [-0.15, -0.1) is 0 Å². The highest BCUT2D eigenvalue weighted by Crippen LogP contribution is 2.35. The van der Waals surface area contributed by atoms with E-state index in [4.69, 9.17) is 9.47 Å². The Balaban J connectivity index is 2.10.